The second-order valence-electron chi connectivity index (χ2n) is 4.16. The maximum Gasteiger partial charge on any atom is 0.114 e. The van der Waals surface area contributed by atoms with Crippen molar-refractivity contribution in [3.63, 3.8) is 0 Å². The molecule has 2 rings (SSSR count). The van der Waals surface area contributed by atoms with Crippen molar-refractivity contribution < 1.29 is 4.74 Å². The van der Waals surface area contributed by atoms with E-state index in [4.69, 9.17) is 4.74 Å². The number of hydrogen-bond donors (Lipinski definition) is 1. The molecule has 1 aromatic heterocycles. The summed E-state index contributed by atoms with van der Waals surface area (Å²) >= 11 is 1.67. The van der Waals surface area contributed by atoms with E-state index in [9.17, 15) is 0 Å². The van der Waals surface area contributed by atoms with Gasteiger partial charge in [-0.1, -0.05) is 29.8 Å². The third kappa shape index (κ3) is 3.38. The predicted molar refractivity (Wildman–Crippen MR) is 75.0 cm³/mol. The summed E-state index contributed by atoms with van der Waals surface area (Å²) in [6.45, 7) is 3.61. The smallest absolute Gasteiger partial charge is 0.114 e. The van der Waals surface area contributed by atoms with Crippen LogP contribution in [-0.2, 0) is 4.74 Å². The molecule has 0 saturated carbocycles. The van der Waals surface area contributed by atoms with E-state index in [2.05, 4.69) is 41.5 Å². The maximum absolute atomic E-state index is 5.09. The van der Waals surface area contributed by atoms with Gasteiger partial charge in [-0.15, -0.1) is 11.3 Å². The lowest BCUT2D eigenvalue weighted by Crippen LogP contribution is -2.25. The van der Waals surface area contributed by atoms with Gasteiger partial charge >= 0.3 is 0 Å². The Balaban J connectivity index is 2.16. The lowest BCUT2D eigenvalue weighted by molar-refractivity contribution is 0.197. The van der Waals surface area contributed by atoms with E-state index in [0.29, 0.717) is 6.61 Å². The zero-order chi connectivity index (χ0) is 12.8. The van der Waals surface area contributed by atoms with Crippen molar-refractivity contribution >= 4 is 11.3 Å². The molecule has 0 amide bonds. The van der Waals surface area contributed by atoms with Gasteiger partial charge in [0.05, 0.1) is 12.6 Å². The van der Waals surface area contributed by atoms with Crippen LogP contribution < -0.4 is 5.32 Å². The van der Waals surface area contributed by atoms with E-state index in [1.807, 2.05) is 11.6 Å². The van der Waals surface area contributed by atoms with Gasteiger partial charge in [0.2, 0.25) is 0 Å². The van der Waals surface area contributed by atoms with Crippen molar-refractivity contribution in [1.29, 1.82) is 0 Å². The van der Waals surface area contributed by atoms with Gasteiger partial charge in [0, 0.05) is 25.2 Å². The van der Waals surface area contributed by atoms with Crippen molar-refractivity contribution in [1.82, 2.24) is 10.3 Å². The van der Waals surface area contributed by atoms with Gasteiger partial charge in [-0.2, -0.15) is 0 Å². The van der Waals surface area contributed by atoms with Gasteiger partial charge < -0.3 is 10.1 Å². The summed E-state index contributed by atoms with van der Waals surface area (Å²) in [7, 11) is 1.71. The molecule has 1 aromatic carbocycles. The minimum absolute atomic E-state index is 0.153. The summed E-state index contributed by atoms with van der Waals surface area (Å²) in [5.41, 5.74) is 2.51. The maximum atomic E-state index is 5.09. The van der Waals surface area contributed by atoms with Crippen molar-refractivity contribution in [2.45, 2.75) is 13.0 Å². The lowest BCUT2D eigenvalue weighted by Gasteiger charge is -2.17. The Labute approximate surface area is 112 Å². The quantitative estimate of drug-likeness (QED) is 0.813. The molecule has 0 aliphatic rings. The monoisotopic (exact) mass is 262 g/mol. The Kier molecular flexibility index (Phi) is 4.87. The van der Waals surface area contributed by atoms with E-state index in [-0.39, 0.29) is 6.04 Å². The predicted octanol–water partition coefficient (Wildman–Crippen LogP) is 2.78. The molecule has 1 heterocycles. The van der Waals surface area contributed by atoms with Gasteiger partial charge in [0.25, 0.3) is 0 Å². The highest BCUT2D eigenvalue weighted by Crippen LogP contribution is 2.23. The van der Waals surface area contributed by atoms with Crippen LogP contribution in [0.1, 0.15) is 22.2 Å². The summed E-state index contributed by atoms with van der Waals surface area (Å²) in [6.07, 6.45) is 1.85. The number of ether oxygens (including phenoxy) is 1. The molecule has 2 aromatic rings. The number of nitrogens with one attached hydrogen (secondary N) is 1. The summed E-state index contributed by atoms with van der Waals surface area (Å²) in [6, 6.07) is 8.73. The van der Waals surface area contributed by atoms with Crippen LogP contribution in [0.2, 0.25) is 0 Å². The average Bonchev–Trinajstić information content (AvgIpc) is 2.90. The lowest BCUT2D eigenvalue weighted by atomic mass is 10.1. The zero-order valence-electron chi connectivity index (χ0n) is 10.7. The molecule has 0 aliphatic carbocycles. The third-order valence-electron chi connectivity index (χ3n) is 2.76. The van der Waals surface area contributed by atoms with Crippen LogP contribution in [0.3, 0.4) is 0 Å². The number of aromatic nitrogens is 1. The Hall–Kier alpha value is -1.23. The number of aryl methyl sites for hydroxylation is 1. The molecule has 4 heteroatoms. The van der Waals surface area contributed by atoms with Crippen LogP contribution in [-0.4, -0.2) is 25.2 Å². The van der Waals surface area contributed by atoms with E-state index in [1.165, 1.54) is 11.1 Å². The first-order valence-electron chi connectivity index (χ1n) is 5.99. The summed E-state index contributed by atoms with van der Waals surface area (Å²) in [5, 5.41) is 6.58. The van der Waals surface area contributed by atoms with Crippen molar-refractivity contribution in [3.05, 3.63) is 52.0 Å². The molecular weight excluding hydrogens is 244 g/mol. The molecule has 1 N–H and O–H groups in total. The summed E-state index contributed by atoms with van der Waals surface area (Å²) < 4.78 is 5.09. The van der Waals surface area contributed by atoms with Crippen LogP contribution in [0.5, 0.6) is 0 Å². The summed E-state index contributed by atoms with van der Waals surface area (Å²) in [4.78, 5) is 4.41. The molecule has 96 valence electrons. The first-order valence-corrected chi connectivity index (χ1v) is 6.87. The van der Waals surface area contributed by atoms with Crippen LogP contribution >= 0.6 is 11.3 Å². The molecule has 0 bridgehead atoms. The van der Waals surface area contributed by atoms with E-state index in [1.54, 1.807) is 18.4 Å². The Morgan fingerprint density at radius 1 is 1.33 bits per heavy atom. The molecule has 1 atom stereocenters. The van der Waals surface area contributed by atoms with E-state index >= 15 is 0 Å². The number of thiazole rings is 1. The fourth-order valence-electron chi connectivity index (χ4n) is 1.79. The van der Waals surface area contributed by atoms with Crippen LogP contribution in [0, 0.1) is 6.92 Å². The molecule has 0 spiro atoms. The minimum atomic E-state index is 0.153. The molecule has 0 fully saturated rings. The highest BCUT2D eigenvalue weighted by molar-refractivity contribution is 7.09. The van der Waals surface area contributed by atoms with E-state index in [0.717, 1.165) is 11.6 Å². The number of hydrogen-bond acceptors (Lipinski definition) is 4. The number of rotatable bonds is 6. The van der Waals surface area contributed by atoms with Crippen molar-refractivity contribution in [3.8, 4) is 0 Å². The highest BCUT2D eigenvalue weighted by Gasteiger charge is 2.15. The molecule has 0 radical (unpaired) electrons. The summed E-state index contributed by atoms with van der Waals surface area (Å²) in [5.74, 6) is 0. The molecule has 1 unspecified atom stereocenters. The van der Waals surface area contributed by atoms with Gasteiger partial charge in [-0.25, -0.2) is 4.98 Å². The second kappa shape index (κ2) is 6.64. The molecule has 0 saturated heterocycles. The SMILES string of the molecule is COCCNC(c1ccc(C)cc1)c1nccs1. The first-order chi connectivity index (χ1) is 8.81. The fraction of sp³-hybridized carbons (Fsp3) is 0.357. The Bertz CT molecular complexity index is 453. The second-order valence-corrected chi connectivity index (χ2v) is 5.09. The Morgan fingerprint density at radius 2 is 2.11 bits per heavy atom. The highest BCUT2D eigenvalue weighted by atomic mass is 32.1. The average molecular weight is 262 g/mol. The molecule has 0 aliphatic heterocycles. The van der Waals surface area contributed by atoms with Crippen LogP contribution in [0.15, 0.2) is 35.8 Å². The van der Waals surface area contributed by atoms with Gasteiger partial charge in [-0.05, 0) is 12.5 Å². The Morgan fingerprint density at radius 3 is 2.72 bits per heavy atom. The molecular formula is C14H18N2OS. The minimum Gasteiger partial charge on any atom is -0.383 e. The zero-order valence-corrected chi connectivity index (χ0v) is 11.5. The van der Waals surface area contributed by atoms with Gasteiger partial charge in [0.1, 0.15) is 5.01 Å². The topological polar surface area (TPSA) is 34.1 Å². The number of benzene rings is 1. The van der Waals surface area contributed by atoms with Gasteiger partial charge in [-0.3, -0.25) is 0 Å². The van der Waals surface area contributed by atoms with Crippen molar-refractivity contribution in [2.24, 2.45) is 0 Å². The van der Waals surface area contributed by atoms with Crippen molar-refractivity contribution in [2.75, 3.05) is 20.3 Å². The normalized spacial score (nSPS) is 12.6. The standard InChI is InChI=1S/C14H18N2OS/c1-11-3-5-12(6-4-11)13(15-7-9-17-2)14-16-8-10-18-14/h3-6,8,10,13,15H,7,9H2,1-2H3. The van der Waals surface area contributed by atoms with E-state index < -0.39 is 0 Å². The number of nitrogens with zero attached hydrogens (tertiary/aromatic N) is 1. The van der Waals surface area contributed by atoms with Gasteiger partial charge in [0.15, 0.2) is 0 Å². The fourth-order valence-corrected chi connectivity index (χ4v) is 2.53. The number of methoxy groups -OCH3 is 1. The molecule has 18 heavy (non-hydrogen) atoms. The van der Waals surface area contributed by atoms with Crippen LogP contribution in [0.4, 0.5) is 0 Å². The largest absolute Gasteiger partial charge is 0.383 e. The molecule has 3 nitrogen and oxygen atoms in total. The first kappa shape index (κ1) is 13.2. The third-order valence-corrected chi connectivity index (χ3v) is 3.60. The van der Waals surface area contributed by atoms with Crippen LogP contribution in [0.25, 0.3) is 0 Å².